The van der Waals surface area contributed by atoms with E-state index >= 15 is 0 Å². The van der Waals surface area contributed by atoms with Crippen LogP contribution in [0.4, 0.5) is 0 Å². The van der Waals surface area contributed by atoms with Gasteiger partial charge in [0.15, 0.2) is 0 Å². The van der Waals surface area contributed by atoms with Gasteiger partial charge in [0.1, 0.15) is 5.65 Å². The Morgan fingerprint density at radius 3 is 2.03 bits per heavy atom. The third kappa shape index (κ3) is 9.33. The average Bonchev–Trinajstić information content (AvgIpc) is 3.31. The summed E-state index contributed by atoms with van der Waals surface area (Å²) in [4.78, 5) is 20.1. The molecule has 0 aliphatic rings. The minimum atomic E-state index is 0.108. The summed E-state index contributed by atoms with van der Waals surface area (Å²) in [6.07, 6.45) is 4.97. The summed E-state index contributed by atoms with van der Waals surface area (Å²) < 4.78 is 2.05. The van der Waals surface area contributed by atoms with Crippen molar-refractivity contribution in [2.24, 2.45) is 0 Å². The zero-order chi connectivity index (χ0) is 28.5. The van der Waals surface area contributed by atoms with Crippen molar-refractivity contribution in [1.82, 2.24) is 14.3 Å². The Bertz CT molecular complexity index is 1210. The third-order valence-corrected chi connectivity index (χ3v) is 5.97. The molecule has 38 heavy (non-hydrogen) atoms. The van der Waals surface area contributed by atoms with E-state index in [0.717, 1.165) is 33.7 Å². The summed E-state index contributed by atoms with van der Waals surface area (Å²) in [6.45, 7) is 21.8. The molecule has 2 heterocycles. The fourth-order valence-corrected chi connectivity index (χ4v) is 3.74. The molecular weight excluding hydrogens is 466 g/mol. The Morgan fingerprint density at radius 2 is 1.47 bits per heavy atom. The fraction of sp³-hybridized carbons (Fsp3) is 0.353. The molecule has 0 unspecified atom stereocenters. The number of rotatable bonds is 7. The highest BCUT2D eigenvalue weighted by atomic mass is 16.2. The Balaban J connectivity index is 0.000000811. The Hall–Kier alpha value is -3.66. The van der Waals surface area contributed by atoms with E-state index in [4.69, 9.17) is 4.98 Å². The van der Waals surface area contributed by atoms with Gasteiger partial charge >= 0.3 is 0 Å². The fourth-order valence-electron chi connectivity index (χ4n) is 3.74. The predicted octanol–water partition coefficient (Wildman–Crippen LogP) is 8.84. The number of pyridine rings is 1. The van der Waals surface area contributed by atoms with E-state index in [1.807, 2.05) is 50.1 Å². The number of carbonyl (C=O) groups excluding carboxylic acids is 1. The number of hydrogen-bond donors (Lipinski definition) is 0. The molecule has 0 aliphatic heterocycles. The van der Waals surface area contributed by atoms with Crippen LogP contribution in [0.15, 0.2) is 86.1 Å². The van der Waals surface area contributed by atoms with Gasteiger partial charge in [-0.2, -0.15) is 0 Å². The SMILES string of the molecule is C=C.CC.CCCC.CCN(Cc1ccccc1)C(=O)Cc1c(-c2ccc(C)cc2)nc2cc(C)ccn12. The molecule has 0 radical (unpaired) electrons. The molecule has 0 atom stereocenters. The molecule has 2 aromatic heterocycles. The van der Waals surface area contributed by atoms with Crippen molar-refractivity contribution in [3.8, 4) is 11.3 Å². The third-order valence-electron chi connectivity index (χ3n) is 5.97. The Kier molecular flexibility index (Phi) is 15.1. The summed E-state index contributed by atoms with van der Waals surface area (Å²) in [5.74, 6) is 0.108. The van der Waals surface area contributed by atoms with Crippen LogP contribution in [0.25, 0.3) is 16.9 Å². The second-order valence-corrected chi connectivity index (χ2v) is 8.78. The number of aromatic nitrogens is 2. The molecular formula is C34H47N3O. The lowest BCUT2D eigenvalue weighted by molar-refractivity contribution is -0.130. The molecule has 0 aliphatic carbocycles. The molecule has 4 rings (SSSR count). The second-order valence-electron chi connectivity index (χ2n) is 8.78. The lowest BCUT2D eigenvalue weighted by atomic mass is 10.1. The summed E-state index contributed by atoms with van der Waals surface area (Å²) in [5, 5.41) is 0. The maximum atomic E-state index is 13.3. The first-order valence-corrected chi connectivity index (χ1v) is 13.8. The van der Waals surface area contributed by atoms with Gasteiger partial charge in [-0.05, 0) is 44.0 Å². The minimum Gasteiger partial charge on any atom is -0.338 e. The zero-order valence-electron chi connectivity index (χ0n) is 24.6. The predicted molar refractivity (Wildman–Crippen MR) is 165 cm³/mol. The number of imidazole rings is 1. The van der Waals surface area contributed by atoms with E-state index in [9.17, 15) is 4.79 Å². The van der Waals surface area contributed by atoms with Crippen molar-refractivity contribution < 1.29 is 4.79 Å². The number of aryl methyl sites for hydroxylation is 2. The quantitative estimate of drug-likeness (QED) is 0.231. The van der Waals surface area contributed by atoms with Crippen LogP contribution in [0.2, 0.25) is 0 Å². The molecule has 0 bridgehead atoms. The first-order chi connectivity index (χ1) is 18.5. The molecule has 0 N–H and O–H groups in total. The number of unbranched alkanes of at least 4 members (excludes halogenated alkanes) is 1. The summed E-state index contributed by atoms with van der Waals surface area (Å²) in [5.41, 5.74) is 7.22. The number of fused-ring (bicyclic) bond motifs is 1. The maximum Gasteiger partial charge on any atom is 0.228 e. The van der Waals surface area contributed by atoms with Crippen molar-refractivity contribution in [2.45, 2.75) is 74.3 Å². The van der Waals surface area contributed by atoms with E-state index in [1.54, 1.807) is 0 Å². The van der Waals surface area contributed by atoms with Gasteiger partial charge in [0.05, 0.1) is 17.8 Å². The number of carbonyl (C=O) groups is 1. The number of nitrogens with zero attached hydrogens (tertiary/aromatic N) is 3. The van der Waals surface area contributed by atoms with Gasteiger partial charge in [-0.1, -0.05) is 101 Å². The van der Waals surface area contributed by atoms with Crippen molar-refractivity contribution in [3.63, 3.8) is 0 Å². The minimum absolute atomic E-state index is 0.108. The largest absolute Gasteiger partial charge is 0.338 e. The van der Waals surface area contributed by atoms with Gasteiger partial charge in [0, 0.05) is 24.8 Å². The number of hydrogen-bond acceptors (Lipinski definition) is 2. The molecule has 1 amide bonds. The maximum absolute atomic E-state index is 13.3. The molecule has 0 saturated heterocycles. The van der Waals surface area contributed by atoms with E-state index in [2.05, 4.69) is 93.8 Å². The second kappa shape index (κ2) is 17.7. The van der Waals surface area contributed by atoms with E-state index < -0.39 is 0 Å². The first kappa shape index (κ1) is 32.4. The highest BCUT2D eigenvalue weighted by Crippen LogP contribution is 2.26. The first-order valence-electron chi connectivity index (χ1n) is 13.8. The molecule has 0 fully saturated rings. The van der Waals surface area contributed by atoms with Gasteiger partial charge in [-0.25, -0.2) is 4.98 Å². The van der Waals surface area contributed by atoms with Crippen molar-refractivity contribution >= 4 is 11.6 Å². The van der Waals surface area contributed by atoms with E-state index in [-0.39, 0.29) is 5.91 Å². The number of likely N-dealkylation sites (N-methyl/N-ethyl adjacent to an activating group) is 1. The molecule has 4 aromatic rings. The normalized spacial score (nSPS) is 9.76. The topological polar surface area (TPSA) is 37.6 Å². The van der Waals surface area contributed by atoms with Crippen LogP contribution in [-0.2, 0) is 17.8 Å². The highest BCUT2D eigenvalue weighted by Gasteiger charge is 2.20. The smallest absolute Gasteiger partial charge is 0.228 e. The van der Waals surface area contributed by atoms with Gasteiger partial charge in [-0.3, -0.25) is 4.79 Å². The molecule has 0 spiro atoms. The zero-order valence-corrected chi connectivity index (χ0v) is 24.6. The summed E-state index contributed by atoms with van der Waals surface area (Å²) in [7, 11) is 0. The van der Waals surface area contributed by atoms with Gasteiger partial charge in [0.2, 0.25) is 5.91 Å². The van der Waals surface area contributed by atoms with Crippen LogP contribution in [0.3, 0.4) is 0 Å². The average molecular weight is 514 g/mol. The van der Waals surface area contributed by atoms with Crippen molar-refractivity contribution in [3.05, 3.63) is 108 Å². The number of amides is 1. The van der Waals surface area contributed by atoms with Gasteiger partial charge in [-0.15, -0.1) is 13.2 Å². The lowest BCUT2D eigenvalue weighted by Crippen LogP contribution is -2.32. The van der Waals surface area contributed by atoms with Crippen LogP contribution in [0, 0.1) is 13.8 Å². The Labute approximate surface area is 231 Å². The molecule has 2 aromatic carbocycles. The van der Waals surface area contributed by atoms with Crippen LogP contribution in [0.1, 0.15) is 69.8 Å². The van der Waals surface area contributed by atoms with Crippen LogP contribution < -0.4 is 0 Å². The van der Waals surface area contributed by atoms with Crippen LogP contribution >= 0.6 is 0 Å². The van der Waals surface area contributed by atoms with Gasteiger partial charge < -0.3 is 9.30 Å². The van der Waals surface area contributed by atoms with E-state index in [0.29, 0.717) is 19.5 Å². The van der Waals surface area contributed by atoms with Crippen molar-refractivity contribution in [1.29, 1.82) is 0 Å². The summed E-state index contributed by atoms with van der Waals surface area (Å²) >= 11 is 0. The molecule has 0 saturated carbocycles. The molecule has 4 nitrogen and oxygen atoms in total. The monoisotopic (exact) mass is 513 g/mol. The highest BCUT2D eigenvalue weighted by molar-refractivity contribution is 5.81. The lowest BCUT2D eigenvalue weighted by Gasteiger charge is -2.21. The molecule has 204 valence electrons. The number of benzene rings is 2. The summed E-state index contributed by atoms with van der Waals surface area (Å²) in [6, 6.07) is 22.6. The van der Waals surface area contributed by atoms with Gasteiger partial charge in [0.25, 0.3) is 0 Å². The van der Waals surface area contributed by atoms with Crippen molar-refractivity contribution in [2.75, 3.05) is 6.54 Å². The van der Waals surface area contributed by atoms with Crippen LogP contribution in [-0.4, -0.2) is 26.7 Å². The van der Waals surface area contributed by atoms with Crippen LogP contribution in [0.5, 0.6) is 0 Å². The van der Waals surface area contributed by atoms with E-state index in [1.165, 1.54) is 18.4 Å². The standard InChI is InChI=1S/C26H27N3O.C4H10.C2H6.C2H4/c1-4-28(18-21-8-6-5-7-9-21)25(30)17-23-26(22-12-10-19(2)11-13-22)27-24-16-20(3)14-15-29(23)24;1-3-4-2;2*1-2/h5-16H,4,17-18H2,1-3H3;3-4H2,1-2H3;1-2H3;1-2H2. The molecule has 4 heteroatoms. The Morgan fingerprint density at radius 1 is 0.868 bits per heavy atom.